The fourth-order valence-corrected chi connectivity index (χ4v) is 2.35. The van der Waals surface area contributed by atoms with Crippen LogP contribution < -0.4 is 0 Å². The average molecular weight is 303 g/mol. The van der Waals surface area contributed by atoms with Gasteiger partial charge in [-0.15, -0.1) is 0 Å². The van der Waals surface area contributed by atoms with Crippen LogP contribution in [0.4, 0.5) is 13.2 Å². The summed E-state index contributed by atoms with van der Waals surface area (Å²) in [7, 11) is 0. The molecular weight excluding hydrogens is 291 g/mol. The van der Waals surface area contributed by atoms with E-state index in [4.69, 9.17) is 10.00 Å². The largest absolute Gasteiger partial charge is 0.466 e. The second kappa shape index (κ2) is 6.66. The standard InChI is InChI=1S/C13H12F3NO2S/c1-3-19-12(18)6-11-8(2)4-10(5-9(11)7-17)20-13(14,15)16/h4-5H,3,6H2,1-2H3. The van der Waals surface area contributed by atoms with E-state index in [1.807, 2.05) is 6.07 Å². The number of carbonyl (C=O) groups excluding carboxylic acids is 1. The third-order valence-corrected chi connectivity index (χ3v) is 3.13. The van der Waals surface area contributed by atoms with Crippen molar-refractivity contribution < 1.29 is 22.7 Å². The second-order valence-electron chi connectivity index (χ2n) is 3.91. The van der Waals surface area contributed by atoms with Gasteiger partial charge in [0.2, 0.25) is 0 Å². The Hall–Kier alpha value is -1.68. The van der Waals surface area contributed by atoms with Crippen LogP contribution in [0.3, 0.4) is 0 Å². The zero-order valence-corrected chi connectivity index (χ0v) is 11.7. The Bertz CT molecular complexity index is 550. The number of nitriles is 1. The number of ether oxygens (including phenoxy) is 1. The van der Waals surface area contributed by atoms with E-state index in [1.54, 1.807) is 13.8 Å². The van der Waals surface area contributed by atoms with E-state index in [-0.39, 0.29) is 35.2 Å². The number of benzene rings is 1. The smallest absolute Gasteiger partial charge is 0.446 e. The van der Waals surface area contributed by atoms with E-state index in [0.29, 0.717) is 11.1 Å². The Morgan fingerprint density at radius 3 is 2.60 bits per heavy atom. The molecule has 0 spiro atoms. The van der Waals surface area contributed by atoms with Gasteiger partial charge in [-0.2, -0.15) is 18.4 Å². The van der Waals surface area contributed by atoms with Crippen LogP contribution in [0, 0.1) is 18.3 Å². The first-order valence-electron chi connectivity index (χ1n) is 5.71. The van der Waals surface area contributed by atoms with Gasteiger partial charge in [0.05, 0.1) is 24.7 Å². The molecule has 0 fully saturated rings. The summed E-state index contributed by atoms with van der Waals surface area (Å²) in [6, 6.07) is 4.27. The Kier molecular flexibility index (Phi) is 5.45. The Labute approximate surface area is 118 Å². The quantitative estimate of drug-likeness (QED) is 0.630. The minimum atomic E-state index is -4.41. The number of carbonyl (C=O) groups is 1. The molecule has 0 bridgehead atoms. The summed E-state index contributed by atoms with van der Waals surface area (Å²) >= 11 is -0.285. The van der Waals surface area contributed by atoms with Gasteiger partial charge in [0.15, 0.2) is 0 Å². The van der Waals surface area contributed by atoms with E-state index in [1.165, 1.54) is 6.07 Å². The summed E-state index contributed by atoms with van der Waals surface area (Å²) < 4.78 is 41.8. The van der Waals surface area contributed by atoms with Crippen LogP contribution in [0.5, 0.6) is 0 Å². The van der Waals surface area contributed by atoms with Crippen molar-refractivity contribution in [2.75, 3.05) is 6.61 Å². The van der Waals surface area contributed by atoms with Crippen LogP contribution in [0.15, 0.2) is 17.0 Å². The number of esters is 1. The Balaban J connectivity index is 3.09. The third kappa shape index (κ3) is 4.78. The summed E-state index contributed by atoms with van der Waals surface area (Å²) in [6.07, 6.45) is -0.125. The molecular formula is C13H12F3NO2S. The lowest BCUT2D eigenvalue weighted by molar-refractivity contribution is -0.142. The van der Waals surface area contributed by atoms with Crippen molar-refractivity contribution in [3.8, 4) is 6.07 Å². The minimum Gasteiger partial charge on any atom is -0.466 e. The number of thioether (sulfide) groups is 1. The van der Waals surface area contributed by atoms with Gasteiger partial charge < -0.3 is 4.74 Å². The normalized spacial score (nSPS) is 11.0. The van der Waals surface area contributed by atoms with Crippen LogP contribution in [0.25, 0.3) is 0 Å². The Morgan fingerprint density at radius 2 is 2.10 bits per heavy atom. The van der Waals surface area contributed by atoms with Crippen LogP contribution in [0.1, 0.15) is 23.6 Å². The predicted octanol–water partition coefficient (Wildman–Crippen LogP) is 3.58. The molecule has 0 amide bonds. The Morgan fingerprint density at radius 1 is 1.45 bits per heavy atom. The van der Waals surface area contributed by atoms with Gasteiger partial charge in [-0.1, -0.05) is 0 Å². The highest BCUT2D eigenvalue weighted by Gasteiger charge is 2.30. The number of hydrogen-bond donors (Lipinski definition) is 0. The van der Waals surface area contributed by atoms with Crippen molar-refractivity contribution in [2.24, 2.45) is 0 Å². The number of alkyl halides is 3. The molecule has 0 saturated carbocycles. The molecule has 3 nitrogen and oxygen atoms in total. The fourth-order valence-electron chi connectivity index (χ4n) is 1.67. The molecule has 0 aliphatic carbocycles. The molecule has 0 aromatic heterocycles. The molecule has 7 heteroatoms. The van der Waals surface area contributed by atoms with Crippen molar-refractivity contribution >= 4 is 17.7 Å². The maximum Gasteiger partial charge on any atom is 0.446 e. The van der Waals surface area contributed by atoms with E-state index in [0.717, 1.165) is 6.07 Å². The zero-order chi connectivity index (χ0) is 15.3. The topological polar surface area (TPSA) is 50.1 Å². The van der Waals surface area contributed by atoms with Gasteiger partial charge in [-0.3, -0.25) is 4.79 Å². The molecule has 20 heavy (non-hydrogen) atoms. The summed E-state index contributed by atoms with van der Waals surface area (Å²) in [4.78, 5) is 11.4. The van der Waals surface area contributed by atoms with Gasteiger partial charge in [0.1, 0.15) is 0 Å². The maximum absolute atomic E-state index is 12.3. The maximum atomic E-state index is 12.3. The summed E-state index contributed by atoms with van der Waals surface area (Å²) in [5, 5.41) is 9.02. The average Bonchev–Trinajstić information content (AvgIpc) is 2.30. The first kappa shape index (κ1) is 16.4. The zero-order valence-electron chi connectivity index (χ0n) is 10.9. The highest BCUT2D eigenvalue weighted by Crippen LogP contribution is 2.38. The van der Waals surface area contributed by atoms with Crippen LogP contribution in [0.2, 0.25) is 0 Å². The first-order chi connectivity index (χ1) is 9.26. The molecule has 108 valence electrons. The second-order valence-corrected chi connectivity index (χ2v) is 5.05. The SMILES string of the molecule is CCOC(=O)Cc1c(C)cc(SC(F)(F)F)cc1C#N. The lowest BCUT2D eigenvalue weighted by Gasteiger charge is -2.11. The van der Waals surface area contributed by atoms with Gasteiger partial charge in [0.25, 0.3) is 0 Å². The van der Waals surface area contributed by atoms with Crippen molar-refractivity contribution in [1.29, 1.82) is 5.26 Å². The molecule has 1 rings (SSSR count). The van der Waals surface area contributed by atoms with Gasteiger partial charge in [0, 0.05) is 4.90 Å². The van der Waals surface area contributed by atoms with E-state index >= 15 is 0 Å². The van der Waals surface area contributed by atoms with Crippen LogP contribution in [-0.2, 0) is 16.0 Å². The molecule has 0 unspecified atom stereocenters. The van der Waals surface area contributed by atoms with Gasteiger partial charge >= 0.3 is 11.5 Å². The predicted molar refractivity (Wildman–Crippen MR) is 68.1 cm³/mol. The molecule has 0 N–H and O–H groups in total. The van der Waals surface area contributed by atoms with Crippen molar-refractivity contribution in [3.63, 3.8) is 0 Å². The first-order valence-corrected chi connectivity index (χ1v) is 6.53. The van der Waals surface area contributed by atoms with E-state index in [2.05, 4.69) is 0 Å². The minimum absolute atomic E-state index is 0.0600. The molecule has 0 aliphatic rings. The lowest BCUT2D eigenvalue weighted by Crippen LogP contribution is -2.10. The van der Waals surface area contributed by atoms with E-state index < -0.39 is 11.5 Å². The highest BCUT2D eigenvalue weighted by atomic mass is 32.2. The number of halogens is 3. The van der Waals surface area contributed by atoms with Crippen molar-refractivity contribution in [3.05, 3.63) is 28.8 Å². The van der Waals surface area contributed by atoms with Crippen LogP contribution >= 0.6 is 11.8 Å². The number of aryl methyl sites for hydroxylation is 1. The monoisotopic (exact) mass is 303 g/mol. The molecule has 0 heterocycles. The van der Waals surface area contributed by atoms with Crippen molar-refractivity contribution in [2.45, 2.75) is 30.7 Å². The van der Waals surface area contributed by atoms with Gasteiger partial charge in [-0.05, 0) is 48.9 Å². The molecule has 0 radical (unpaired) electrons. The summed E-state index contributed by atoms with van der Waals surface area (Å²) in [5.41, 5.74) is -3.49. The number of hydrogen-bond acceptors (Lipinski definition) is 4. The molecule has 1 aromatic rings. The molecule has 0 atom stereocenters. The number of nitrogens with zero attached hydrogens (tertiary/aromatic N) is 1. The van der Waals surface area contributed by atoms with E-state index in [9.17, 15) is 18.0 Å². The molecule has 0 aliphatic heterocycles. The number of rotatable bonds is 4. The molecule has 0 saturated heterocycles. The highest BCUT2D eigenvalue weighted by molar-refractivity contribution is 8.00. The van der Waals surface area contributed by atoms with Crippen LogP contribution in [-0.4, -0.2) is 18.1 Å². The fraction of sp³-hybridized carbons (Fsp3) is 0.385. The summed E-state index contributed by atoms with van der Waals surface area (Å²) in [5.74, 6) is -0.511. The van der Waals surface area contributed by atoms with Gasteiger partial charge in [-0.25, -0.2) is 0 Å². The third-order valence-electron chi connectivity index (χ3n) is 2.43. The molecule has 1 aromatic carbocycles. The lowest BCUT2D eigenvalue weighted by atomic mass is 10.00. The van der Waals surface area contributed by atoms with Crippen molar-refractivity contribution in [1.82, 2.24) is 0 Å². The summed E-state index contributed by atoms with van der Waals surface area (Å²) in [6.45, 7) is 3.43.